The van der Waals surface area contributed by atoms with Crippen molar-refractivity contribution in [3.8, 4) is 12.1 Å². The summed E-state index contributed by atoms with van der Waals surface area (Å²) >= 11 is 3.27. The molecular formula is C29H30N4OS2. The molecule has 0 unspecified atom stereocenters. The normalized spacial score (nSPS) is 21.4. The van der Waals surface area contributed by atoms with Crippen molar-refractivity contribution < 1.29 is 4.79 Å². The summed E-state index contributed by atoms with van der Waals surface area (Å²) in [5.74, 6) is -0.0975. The van der Waals surface area contributed by atoms with Gasteiger partial charge in [0, 0.05) is 27.5 Å². The second-order valence-corrected chi connectivity index (χ2v) is 12.6. The number of Topliss-reactive ketones (excluding diaryl/α,β-unsaturated/α-hetero) is 1. The Balaban J connectivity index is 1.76. The molecule has 7 heteroatoms. The van der Waals surface area contributed by atoms with E-state index >= 15 is 0 Å². The zero-order valence-corrected chi connectivity index (χ0v) is 22.6. The molecule has 2 aromatic rings. The number of nitrogens with two attached hydrogens (primary N) is 1. The minimum Gasteiger partial charge on any atom is -0.384 e. The van der Waals surface area contributed by atoms with Crippen LogP contribution in [0.3, 0.4) is 0 Å². The summed E-state index contributed by atoms with van der Waals surface area (Å²) < 4.78 is 0. The number of nitriles is 2. The Morgan fingerprint density at radius 1 is 1.08 bits per heavy atom. The van der Waals surface area contributed by atoms with Crippen LogP contribution in [-0.2, 0) is 17.6 Å². The number of hydrogen-bond donors (Lipinski definition) is 1. The molecule has 2 N–H and O–H groups in total. The highest BCUT2D eigenvalue weighted by atomic mass is 32.2. The number of carbonyl (C=O) groups excluding carboxylic acids is 1. The summed E-state index contributed by atoms with van der Waals surface area (Å²) in [5.41, 5.74) is 11.2. The lowest BCUT2D eigenvalue weighted by molar-refractivity contribution is -0.118. The van der Waals surface area contributed by atoms with Gasteiger partial charge in [0.2, 0.25) is 0 Å². The van der Waals surface area contributed by atoms with E-state index in [4.69, 9.17) is 5.73 Å². The van der Waals surface area contributed by atoms with E-state index in [1.165, 1.54) is 11.3 Å². The van der Waals surface area contributed by atoms with Crippen LogP contribution in [0, 0.1) is 28.1 Å². The lowest BCUT2D eigenvalue weighted by atomic mass is 9.68. The van der Waals surface area contributed by atoms with Gasteiger partial charge in [-0.2, -0.15) is 10.5 Å². The zero-order chi connectivity index (χ0) is 25.6. The Labute approximate surface area is 221 Å². The van der Waals surface area contributed by atoms with Gasteiger partial charge in [-0.1, -0.05) is 32.4 Å². The molecule has 1 aromatic heterocycles. The molecule has 0 radical (unpaired) electrons. The van der Waals surface area contributed by atoms with Gasteiger partial charge >= 0.3 is 0 Å². The lowest BCUT2D eigenvalue weighted by Gasteiger charge is -2.43. The van der Waals surface area contributed by atoms with Crippen molar-refractivity contribution in [2.45, 2.75) is 69.6 Å². The van der Waals surface area contributed by atoms with E-state index < -0.39 is 5.92 Å². The Bertz CT molecular complexity index is 1380. The molecule has 0 spiro atoms. The van der Waals surface area contributed by atoms with Crippen LogP contribution in [0.4, 0.5) is 5.00 Å². The molecule has 3 aliphatic rings. The van der Waals surface area contributed by atoms with E-state index in [2.05, 4.69) is 26.0 Å². The highest BCUT2D eigenvalue weighted by Gasteiger charge is 2.45. The highest BCUT2D eigenvalue weighted by Crippen LogP contribution is 2.52. The van der Waals surface area contributed by atoms with Gasteiger partial charge in [0.25, 0.3) is 0 Å². The summed E-state index contributed by atoms with van der Waals surface area (Å²) in [7, 11) is 0. The molecule has 36 heavy (non-hydrogen) atoms. The van der Waals surface area contributed by atoms with Gasteiger partial charge < -0.3 is 5.73 Å². The van der Waals surface area contributed by atoms with E-state index in [0.29, 0.717) is 35.4 Å². The van der Waals surface area contributed by atoms with Crippen molar-refractivity contribution in [1.82, 2.24) is 0 Å². The number of nitrogens with zero attached hydrogens (tertiary/aromatic N) is 3. The Morgan fingerprint density at radius 2 is 1.81 bits per heavy atom. The summed E-state index contributed by atoms with van der Waals surface area (Å²) in [6.07, 6.45) is 8.29. The molecule has 2 aliphatic carbocycles. The number of thiophene rings is 1. The van der Waals surface area contributed by atoms with E-state index in [-0.39, 0.29) is 11.2 Å². The molecule has 5 nitrogen and oxygen atoms in total. The van der Waals surface area contributed by atoms with E-state index in [1.807, 2.05) is 35.4 Å². The van der Waals surface area contributed by atoms with Crippen LogP contribution >= 0.6 is 23.1 Å². The third kappa shape index (κ3) is 4.05. The number of ketones is 1. The fourth-order valence-electron chi connectivity index (χ4n) is 5.87. The number of thioether (sulfide) groups is 1. The molecule has 0 fully saturated rings. The minimum absolute atomic E-state index is 0.0575. The van der Waals surface area contributed by atoms with E-state index in [9.17, 15) is 15.3 Å². The monoisotopic (exact) mass is 514 g/mol. The summed E-state index contributed by atoms with van der Waals surface area (Å²) in [4.78, 5) is 18.0. The molecule has 0 saturated heterocycles. The van der Waals surface area contributed by atoms with Crippen LogP contribution < -0.4 is 10.6 Å². The molecule has 2 heterocycles. The lowest BCUT2D eigenvalue weighted by Crippen LogP contribution is -2.42. The highest BCUT2D eigenvalue weighted by molar-refractivity contribution is 7.98. The molecule has 5 rings (SSSR count). The number of anilines is 1. The predicted octanol–water partition coefficient (Wildman–Crippen LogP) is 6.55. The van der Waals surface area contributed by atoms with Gasteiger partial charge in [0.15, 0.2) is 5.78 Å². The summed E-state index contributed by atoms with van der Waals surface area (Å²) in [6.45, 7) is 4.20. The van der Waals surface area contributed by atoms with Gasteiger partial charge in [-0.25, -0.2) is 0 Å². The van der Waals surface area contributed by atoms with Crippen molar-refractivity contribution in [3.05, 3.63) is 68.5 Å². The van der Waals surface area contributed by atoms with Crippen LogP contribution in [0.5, 0.6) is 0 Å². The third-order valence-electron chi connectivity index (χ3n) is 7.55. The Kier molecular flexibility index (Phi) is 6.49. The molecule has 0 bridgehead atoms. The first-order valence-corrected chi connectivity index (χ1v) is 14.5. The third-order valence-corrected chi connectivity index (χ3v) is 9.57. The first kappa shape index (κ1) is 24.7. The second-order valence-electron chi connectivity index (χ2n) is 10.6. The maximum Gasteiger partial charge on any atom is 0.162 e. The topological polar surface area (TPSA) is 93.9 Å². The molecule has 0 saturated carbocycles. The van der Waals surface area contributed by atoms with Crippen LogP contribution in [0.15, 0.2) is 51.8 Å². The molecule has 1 aromatic carbocycles. The fourth-order valence-corrected chi connectivity index (χ4v) is 7.66. The number of aryl methyl sites for hydroxylation is 1. The number of benzene rings is 1. The average Bonchev–Trinajstić information content (AvgIpc) is 3.02. The SMILES string of the molecule is CSc1ccc([C@H]2C(C#N)=C(N)N(c3sc4c(c3C#N)CCCCC4)C3=C2C(=O)CC(C)(C)C3)cc1. The molecule has 0 amide bonds. The van der Waals surface area contributed by atoms with Crippen molar-refractivity contribution in [3.63, 3.8) is 0 Å². The number of carbonyl (C=O) groups is 1. The van der Waals surface area contributed by atoms with Crippen molar-refractivity contribution >= 4 is 33.9 Å². The van der Waals surface area contributed by atoms with Crippen LogP contribution in [0.1, 0.15) is 73.4 Å². The van der Waals surface area contributed by atoms with Crippen molar-refractivity contribution in [2.24, 2.45) is 11.1 Å². The maximum absolute atomic E-state index is 13.8. The number of fused-ring (bicyclic) bond motifs is 1. The van der Waals surface area contributed by atoms with Gasteiger partial charge in [-0.05, 0) is 67.0 Å². The zero-order valence-electron chi connectivity index (χ0n) is 21.0. The average molecular weight is 515 g/mol. The number of hydrogen-bond acceptors (Lipinski definition) is 7. The molecular weight excluding hydrogens is 484 g/mol. The Morgan fingerprint density at radius 3 is 2.47 bits per heavy atom. The Hall–Kier alpha value is -3.00. The first-order chi connectivity index (χ1) is 17.3. The van der Waals surface area contributed by atoms with Gasteiger partial charge in [-0.3, -0.25) is 9.69 Å². The number of allylic oxidation sites excluding steroid dienone is 3. The molecule has 1 atom stereocenters. The van der Waals surface area contributed by atoms with Crippen LogP contribution in [0.25, 0.3) is 0 Å². The van der Waals surface area contributed by atoms with Gasteiger partial charge in [-0.15, -0.1) is 23.1 Å². The van der Waals surface area contributed by atoms with Crippen LogP contribution in [-0.4, -0.2) is 12.0 Å². The first-order valence-electron chi connectivity index (χ1n) is 12.4. The standard InChI is InChI=1S/C29H30N4OS2/c1-29(2)13-22-26(23(34)14-29)25(17-9-11-18(35-3)12-10-17)21(16-31)27(32)33(22)28-20(15-30)19-7-5-4-6-8-24(19)36-28/h9-12,25H,4-8,13-14,32H2,1-3H3/t25-/m0/s1. The smallest absolute Gasteiger partial charge is 0.162 e. The molecule has 184 valence electrons. The quantitative estimate of drug-likeness (QED) is 0.369. The van der Waals surface area contributed by atoms with Crippen molar-refractivity contribution in [2.75, 3.05) is 11.2 Å². The summed E-state index contributed by atoms with van der Waals surface area (Å²) in [5, 5.41) is 21.4. The largest absolute Gasteiger partial charge is 0.384 e. The molecule has 1 aliphatic heterocycles. The van der Waals surface area contributed by atoms with Gasteiger partial charge in [0.05, 0.1) is 23.1 Å². The van der Waals surface area contributed by atoms with Crippen LogP contribution in [0.2, 0.25) is 0 Å². The van der Waals surface area contributed by atoms with E-state index in [1.54, 1.807) is 23.1 Å². The maximum atomic E-state index is 13.8. The fraction of sp³-hybridized carbons (Fsp3) is 0.414. The predicted molar refractivity (Wildman–Crippen MR) is 146 cm³/mol. The van der Waals surface area contributed by atoms with Gasteiger partial charge in [0.1, 0.15) is 16.9 Å². The summed E-state index contributed by atoms with van der Waals surface area (Å²) in [6, 6.07) is 12.9. The number of rotatable bonds is 3. The second kappa shape index (κ2) is 9.47. The van der Waals surface area contributed by atoms with Crippen molar-refractivity contribution in [1.29, 1.82) is 10.5 Å². The van der Waals surface area contributed by atoms with E-state index in [0.717, 1.165) is 52.4 Å². The minimum atomic E-state index is -0.496.